The van der Waals surface area contributed by atoms with Crippen molar-refractivity contribution in [2.75, 3.05) is 31.7 Å². The molecule has 3 nitrogen and oxygen atoms in total. The summed E-state index contributed by atoms with van der Waals surface area (Å²) in [6.07, 6.45) is 5.82. The molecule has 4 heteroatoms. The standard InChI is InChI=1S/C20H31NO2S/c1-4-23-19(22)20(11-10-18-8-6-5-7-9-18)12-14-21(15-13-20)17(2)16-24-3/h5-9,17H,4,10-16H2,1-3H3/t17-/m1/s1. The summed E-state index contributed by atoms with van der Waals surface area (Å²) in [4.78, 5) is 15.2. The van der Waals surface area contributed by atoms with Crippen LogP contribution in [0.3, 0.4) is 0 Å². The molecule has 1 aliphatic heterocycles. The molecule has 0 aliphatic carbocycles. The summed E-state index contributed by atoms with van der Waals surface area (Å²) in [5.74, 6) is 1.16. The van der Waals surface area contributed by atoms with Crippen LogP contribution >= 0.6 is 11.8 Å². The molecule has 0 unspecified atom stereocenters. The molecule has 1 fully saturated rings. The van der Waals surface area contributed by atoms with Crippen LogP contribution in [0.4, 0.5) is 0 Å². The minimum atomic E-state index is -0.304. The number of rotatable bonds is 8. The van der Waals surface area contributed by atoms with Crippen molar-refractivity contribution in [2.24, 2.45) is 5.41 Å². The molecule has 0 saturated carbocycles. The van der Waals surface area contributed by atoms with Gasteiger partial charge in [0.05, 0.1) is 12.0 Å². The Hall–Kier alpha value is -1.00. The summed E-state index contributed by atoms with van der Waals surface area (Å²) in [5.41, 5.74) is 1.00. The van der Waals surface area contributed by atoms with Crippen molar-refractivity contribution in [3.05, 3.63) is 35.9 Å². The van der Waals surface area contributed by atoms with Gasteiger partial charge in [0, 0.05) is 11.8 Å². The lowest BCUT2D eigenvalue weighted by atomic mass is 9.74. The van der Waals surface area contributed by atoms with Crippen molar-refractivity contribution in [1.82, 2.24) is 4.90 Å². The average molecular weight is 350 g/mol. The molecule has 24 heavy (non-hydrogen) atoms. The van der Waals surface area contributed by atoms with Gasteiger partial charge in [-0.1, -0.05) is 30.3 Å². The monoisotopic (exact) mass is 349 g/mol. The Morgan fingerprint density at radius 3 is 2.54 bits per heavy atom. The third-order valence-electron chi connectivity index (χ3n) is 5.23. The van der Waals surface area contributed by atoms with Crippen LogP contribution in [0.25, 0.3) is 0 Å². The predicted octanol–water partition coefficient (Wildman–Crippen LogP) is 4.02. The maximum atomic E-state index is 12.7. The number of aryl methyl sites for hydroxylation is 1. The Bertz CT molecular complexity index is 498. The third kappa shape index (κ3) is 5.00. The van der Waals surface area contributed by atoms with Crippen molar-refractivity contribution in [3.63, 3.8) is 0 Å². The lowest BCUT2D eigenvalue weighted by molar-refractivity contribution is -0.159. The van der Waals surface area contributed by atoms with Crippen LogP contribution in [0.5, 0.6) is 0 Å². The van der Waals surface area contributed by atoms with E-state index in [1.165, 1.54) is 5.56 Å². The van der Waals surface area contributed by atoms with Crippen molar-refractivity contribution >= 4 is 17.7 Å². The van der Waals surface area contributed by atoms with E-state index in [1.54, 1.807) is 0 Å². The van der Waals surface area contributed by atoms with E-state index < -0.39 is 0 Å². The number of hydrogen-bond donors (Lipinski definition) is 0. The Morgan fingerprint density at radius 2 is 1.96 bits per heavy atom. The van der Waals surface area contributed by atoms with Gasteiger partial charge in [0.2, 0.25) is 0 Å². The van der Waals surface area contributed by atoms with E-state index in [0.717, 1.165) is 44.5 Å². The zero-order valence-electron chi connectivity index (χ0n) is 15.3. The van der Waals surface area contributed by atoms with E-state index in [0.29, 0.717) is 12.6 Å². The molecule has 2 rings (SSSR count). The second-order valence-corrected chi connectivity index (χ2v) is 7.74. The number of benzene rings is 1. The molecule has 134 valence electrons. The van der Waals surface area contributed by atoms with E-state index in [9.17, 15) is 4.79 Å². The first-order valence-corrected chi connectivity index (χ1v) is 10.4. The number of carbonyl (C=O) groups is 1. The first kappa shape index (κ1) is 19.3. The van der Waals surface area contributed by atoms with E-state index in [2.05, 4.69) is 42.3 Å². The molecule has 1 aliphatic rings. The summed E-state index contributed by atoms with van der Waals surface area (Å²) >= 11 is 1.89. The van der Waals surface area contributed by atoms with Crippen molar-refractivity contribution in [2.45, 2.75) is 45.6 Å². The Kier molecular flexibility index (Phi) is 7.63. The number of esters is 1. The van der Waals surface area contributed by atoms with E-state index >= 15 is 0 Å². The molecule has 1 aromatic carbocycles. The SMILES string of the molecule is CCOC(=O)C1(CCc2ccccc2)CCN([C@H](C)CSC)CC1. The molecular weight excluding hydrogens is 318 g/mol. The first-order valence-electron chi connectivity index (χ1n) is 9.05. The summed E-state index contributed by atoms with van der Waals surface area (Å²) in [6.45, 7) is 6.65. The van der Waals surface area contributed by atoms with Crippen LogP contribution in [-0.4, -0.2) is 48.6 Å². The van der Waals surface area contributed by atoms with Crippen LogP contribution in [0.15, 0.2) is 30.3 Å². The second kappa shape index (κ2) is 9.47. The van der Waals surface area contributed by atoms with E-state index in [4.69, 9.17) is 4.74 Å². The molecular formula is C20H31NO2S. The number of likely N-dealkylation sites (tertiary alicyclic amines) is 1. The molecule has 1 saturated heterocycles. The number of piperidine rings is 1. The van der Waals surface area contributed by atoms with Crippen molar-refractivity contribution in [3.8, 4) is 0 Å². The first-order chi connectivity index (χ1) is 11.6. The summed E-state index contributed by atoms with van der Waals surface area (Å²) in [5, 5.41) is 0. The Morgan fingerprint density at radius 1 is 1.29 bits per heavy atom. The van der Waals surface area contributed by atoms with Gasteiger partial charge in [-0.25, -0.2) is 0 Å². The van der Waals surface area contributed by atoms with Gasteiger partial charge in [0.15, 0.2) is 0 Å². The normalized spacial score (nSPS) is 19.0. The summed E-state index contributed by atoms with van der Waals surface area (Å²) in [7, 11) is 0. The van der Waals surface area contributed by atoms with Crippen molar-refractivity contribution in [1.29, 1.82) is 0 Å². The van der Waals surface area contributed by atoms with Gasteiger partial charge in [-0.2, -0.15) is 11.8 Å². The molecule has 0 spiro atoms. The van der Waals surface area contributed by atoms with E-state index in [-0.39, 0.29) is 11.4 Å². The van der Waals surface area contributed by atoms with Crippen LogP contribution in [0.2, 0.25) is 0 Å². The summed E-state index contributed by atoms with van der Waals surface area (Å²) < 4.78 is 5.45. The average Bonchev–Trinajstić information content (AvgIpc) is 2.61. The minimum Gasteiger partial charge on any atom is -0.466 e. The molecule has 1 aromatic rings. The number of thioether (sulfide) groups is 1. The fraction of sp³-hybridized carbons (Fsp3) is 0.650. The van der Waals surface area contributed by atoms with E-state index in [1.807, 2.05) is 24.8 Å². The quantitative estimate of drug-likeness (QED) is 0.663. The highest BCUT2D eigenvalue weighted by atomic mass is 32.2. The van der Waals surface area contributed by atoms with Gasteiger partial charge in [0.25, 0.3) is 0 Å². The highest BCUT2D eigenvalue weighted by Gasteiger charge is 2.42. The van der Waals surface area contributed by atoms with Crippen LogP contribution < -0.4 is 0 Å². The van der Waals surface area contributed by atoms with Gasteiger partial charge in [-0.15, -0.1) is 0 Å². The minimum absolute atomic E-state index is 0.0121. The fourth-order valence-corrected chi connectivity index (χ4v) is 4.30. The molecule has 0 N–H and O–H groups in total. The lowest BCUT2D eigenvalue weighted by Crippen LogP contribution is -2.48. The van der Waals surface area contributed by atoms with Crippen LogP contribution in [0, 0.1) is 5.41 Å². The Balaban J connectivity index is 2.02. The number of nitrogens with zero attached hydrogens (tertiary/aromatic N) is 1. The molecule has 0 bridgehead atoms. The van der Waals surface area contributed by atoms with Gasteiger partial charge < -0.3 is 4.74 Å². The largest absolute Gasteiger partial charge is 0.466 e. The van der Waals surface area contributed by atoms with Crippen molar-refractivity contribution < 1.29 is 9.53 Å². The van der Waals surface area contributed by atoms with Crippen LogP contribution in [-0.2, 0) is 16.0 Å². The summed E-state index contributed by atoms with van der Waals surface area (Å²) in [6, 6.07) is 11.0. The maximum Gasteiger partial charge on any atom is 0.312 e. The zero-order valence-corrected chi connectivity index (χ0v) is 16.1. The molecule has 0 radical (unpaired) electrons. The predicted molar refractivity (Wildman–Crippen MR) is 102 cm³/mol. The molecule has 1 atom stereocenters. The second-order valence-electron chi connectivity index (χ2n) is 6.83. The van der Waals surface area contributed by atoms with Gasteiger partial charge in [0.1, 0.15) is 0 Å². The number of carbonyl (C=O) groups excluding carboxylic acids is 1. The third-order valence-corrected chi connectivity index (χ3v) is 6.05. The molecule has 1 heterocycles. The number of hydrogen-bond acceptors (Lipinski definition) is 4. The smallest absolute Gasteiger partial charge is 0.312 e. The van der Waals surface area contributed by atoms with Gasteiger partial charge in [-0.05, 0) is 64.4 Å². The maximum absolute atomic E-state index is 12.7. The molecule has 0 aromatic heterocycles. The fourth-order valence-electron chi connectivity index (χ4n) is 3.61. The highest BCUT2D eigenvalue weighted by Crippen LogP contribution is 2.38. The zero-order chi connectivity index (χ0) is 17.4. The topological polar surface area (TPSA) is 29.5 Å². The lowest BCUT2D eigenvalue weighted by Gasteiger charge is -2.42. The number of ether oxygens (including phenoxy) is 1. The van der Waals surface area contributed by atoms with Gasteiger partial charge in [-0.3, -0.25) is 9.69 Å². The van der Waals surface area contributed by atoms with Crippen LogP contribution in [0.1, 0.15) is 38.7 Å². The highest BCUT2D eigenvalue weighted by molar-refractivity contribution is 7.98. The molecule has 0 amide bonds. The Labute approximate surface area is 151 Å². The van der Waals surface area contributed by atoms with Gasteiger partial charge >= 0.3 is 5.97 Å².